The van der Waals surface area contributed by atoms with Gasteiger partial charge in [0, 0.05) is 23.4 Å². The third kappa shape index (κ3) is 2.50. The van der Waals surface area contributed by atoms with E-state index in [0.29, 0.717) is 16.7 Å². The summed E-state index contributed by atoms with van der Waals surface area (Å²) in [6.07, 6.45) is -0.673. The van der Waals surface area contributed by atoms with Gasteiger partial charge in [0.05, 0.1) is 6.04 Å². The Kier molecular flexibility index (Phi) is 3.52. The number of aliphatic hydroxyl groups is 1. The molecule has 0 radical (unpaired) electrons. The zero-order valence-electron chi connectivity index (χ0n) is 10.7. The van der Waals surface area contributed by atoms with Gasteiger partial charge >= 0.3 is 0 Å². The van der Waals surface area contributed by atoms with Gasteiger partial charge in [0.25, 0.3) is 0 Å². The molecule has 2 heterocycles. The van der Waals surface area contributed by atoms with Crippen molar-refractivity contribution in [1.29, 1.82) is 0 Å². The molecule has 3 nitrogen and oxygen atoms in total. The number of likely N-dealkylation sites (N-methyl/N-ethyl adjacent to an activating group) is 1. The maximum Gasteiger partial charge on any atom is 0.135 e. The Labute approximate surface area is 115 Å². The van der Waals surface area contributed by atoms with Crippen molar-refractivity contribution in [2.45, 2.75) is 12.1 Å². The summed E-state index contributed by atoms with van der Waals surface area (Å²) in [6, 6.07) is 6.17. The third-order valence-electron chi connectivity index (χ3n) is 3.60. The molecule has 1 aromatic carbocycles. The summed E-state index contributed by atoms with van der Waals surface area (Å²) in [5.74, 6) is 2.19. The summed E-state index contributed by atoms with van der Waals surface area (Å²) in [6.45, 7) is 0.960. The Balaban J connectivity index is 1.90. The molecule has 1 aliphatic rings. The van der Waals surface area contributed by atoms with E-state index >= 15 is 0 Å². The second-order valence-corrected chi connectivity index (χ2v) is 6.05. The van der Waals surface area contributed by atoms with E-state index in [2.05, 4.69) is 4.90 Å². The van der Waals surface area contributed by atoms with Crippen molar-refractivity contribution in [3.63, 3.8) is 0 Å². The lowest BCUT2D eigenvalue weighted by Crippen LogP contribution is -2.43. The molecule has 3 rings (SSSR count). The van der Waals surface area contributed by atoms with Gasteiger partial charge in [0.15, 0.2) is 0 Å². The van der Waals surface area contributed by atoms with Crippen molar-refractivity contribution >= 4 is 22.7 Å². The van der Waals surface area contributed by atoms with E-state index < -0.39 is 6.10 Å². The number of furan rings is 1. The van der Waals surface area contributed by atoms with E-state index in [-0.39, 0.29) is 11.9 Å². The largest absolute Gasteiger partial charge is 0.458 e. The van der Waals surface area contributed by atoms with Crippen LogP contribution >= 0.6 is 11.8 Å². The topological polar surface area (TPSA) is 36.6 Å². The summed E-state index contributed by atoms with van der Waals surface area (Å²) >= 11 is 1.84. The number of benzene rings is 1. The van der Waals surface area contributed by atoms with E-state index in [1.807, 2.05) is 18.8 Å². The highest BCUT2D eigenvalue weighted by molar-refractivity contribution is 7.99. The number of aliphatic hydroxyl groups excluding tert-OH is 1. The fourth-order valence-corrected chi connectivity index (χ4v) is 3.67. The Morgan fingerprint density at radius 3 is 3.11 bits per heavy atom. The molecule has 1 fully saturated rings. The molecule has 2 unspecified atom stereocenters. The van der Waals surface area contributed by atoms with Crippen LogP contribution < -0.4 is 0 Å². The van der Waals surface area contributed by atoms with Gasteiger partial charge < -0.3 is 9.52 Å². The van der Waals surface area contributed by atoms with Gasteiger partial charge in [0.1, 0.15) is 23.3 Å². The molecule has 0 amide bonds. The maximum absolute atomic E-state index is 13.1. The Morgan fingerprint density at radius 1 is 1.47 bits per heavy atom. The van der Waals surface area contributed by atoms with Crippen molar-refractivity contribution in [2.75, 3.05) is 25.1 Å². The first kappa shape index (κ1) is 13.0. The van der Waals surface area contributed by atoms with E-state index in [4.69, 9.17) is 4.42 Å². The standard InChI is InChI=1S/C14H16FNO2S/c1-16-4-5-19-8-11(16)14(17)13-7-9-6-10(15)2-3-12(9)18-13/h2-3,6-7,11,14,17H,4-5,8H2,1H3. The van der Waals surface area contributed by atoms with Crippen molar-refractivity contribution in [2.24, 2.45) is 0 Å². The van der Waals surface area contributed by atoms with Crippen LogP contribution in [0, 0.1) is 5.82 Å². The smallest absolute Gasteiger partial charge is 0.135 e. The van der Waals surface area contributed by atoms with Gasteiger partial charge in [-0.15, -0.1) is 0 Å². The predicted octanol–water partition coefficient (Wildman–Crippen LogP) is 2.65. The molecule has 0 saturated carbocycles. The molecule has 1 saturated heterocycles. The van der Waals surface area contributed by atoms with Gasteiger partial charge in [-0.05, 0) is 31.3 Å². The molecule has 5 heteroatoms. The second kappa shape index (κ2) is 5.15. The summed E-state index contributed by atoms with van der Waals surface area (Å²) < 4.78 is 18.8. The van der Waals surface area contributed by atoms with Crippen LogP contribution in [0.1, 0.15) is 11.9 Å². The van der Waals surface area contributed by atoms with Crippen molar-refractivity contribution in [3.05, 3.63) is 35.8 Å². The number of fused-ring (bicyclic) bond motifs is 1. The summed E-state index contributed by atoms with van der Waals surface area (Å²) in [5.41, 5.74) is 0.613. The molecule has 2 atom stereocenters. The highest BCUT2D eigenvalue weighted by Crippen LogP contribution is 2.30. The number of halogens is 1. The Morgan fingerprint density at radius 2 is 2.32 bits per heavy atom. The van der Waals surface area contributed by atoms with Gasteiger partial charge in [-0.25, -0.2) is 4.39 Å². The van der Waals surface area contributed by atoms with Crippen LogP contribution in [0.3, 0.4) is 0 Å². The van der Waals surface area contributed by atoms with Crippen molar-refractivity contribution in [1.82, 2.24) is 4.90 Å². The fraction of sp³-hybridized carbons (Fsp3) is 0.429. The molecule has 0 bridgehead atoms. The van der Waals surface area contributed by atoms with Crippen LogP contribution in [0.4, 0.5) is 4.39 Å². The zero-order valence-corrected chi connectivity index (χ0v) is 11.5. The number of hydrogen-bond donors (Lipinski definition) is 1. The van der Waals surface area contributed by atoms with E-state index in [1.54, 1.807) is 12.1 Å². The van der Waals surface area contributed by atoms with Crippen molar-refractivity contribution in [3.8, 4) is 0 Å². The average Bonchev–Trinajstić information content (AvgIpc) is 2.81. The first-order valence-corrected chi connectivity index (χ1v) is 7.45. The number of rotatable bonds is 2. The highest BCUT2D eigenvalue weighted by Gasteiger charge is 2.29. The average molecular weight is 281 g/mol. The molecular weight excluding hydrogens is 265 g/mol. The summed E-state index contributed by atoms with van der Waals surface area (Å²) in [4.78, 5) is 2.15. The lowest BCUT2D eigenvalue weighted by Gasteiger charge is -2.34. The molecule has 0 aliphatic carbocycles. The minimum Gasteiger partial charge on any atom is -0.458 e. The first-order valence-electron chi connectivity index (χ1n) is 6.30. The fourth-order valence-electron chi connectivity index (χ4n) is 2.41. The number of nitrogens with zero attached hydrogens (tertiary/aromatic N) is 1. The molecule has 1 aromatic heterocycles. The van der Waals surface area contributed by atoms with Crippen LogP contribution in [-0.2, 0) is 0 Å². The lowest BCUT2D eigenvalue weighted by molar-refractivity contribution is 0.0602. The SMILES string of the molecule is CN1CCSCC1C(O)c1cc2cc(F)ccc2o1. The van der Waals surface area contributed by atoms with Gasteiger partial charge in [-0.3, -0.25) is 4.90 Å². The Hall–Kier alpha value is -1.04. The van der Waals surface area contributed by atoms with E-state index in [1.165, 1.54) is 12.1 Å². The molecule has 1 aliphatic heterocycles. The van der Waals surface area contributed by atoms with E-state index in [0.717, 1.165) is 18.1 Å². The predicted molar refractivity (Wildman–Crippen MR) is 74.9 cm³/mol. The molecule has 2 aromatic rings. The van der Waals surface area contributed by atoms with Gasteiger partial charge in [-0.1, -0.05) is 0 Å². The summed E-state index contributed by atoms with van der Waals surface area (Å²) in [5, 5.41) is 11.1. The quantitative estimate of drug-likeness (QED) is 0.918. The van der Waals surface area contributed by atoms with Crippen molar-refractivity contribution < 1.29 is 13.9 Å². The number of hydrogen-bond acceptors (Lipinski definition) is 4. The van der Waals surface area contributed by atoms with Crippen LogP contribution in [0.25, 0.3) is 11.0 Å². The summed E-state index contributed by atoms with van der Waals surface area (Å²) in [7, 11) is 2.01. The zero-order chi connectivity index (χ0) is 13.4. The second-order valence-electron chi connectivity index (χ2n) is 4.90. The van der Waals surface area contributed by atoms with Crippen LogP contribution in [-0.4, -0.2) is 41.1 Å². The molecule has 19 heavy (non-hydrogen) atoms. The van der Waals surface area contributed by atoms with Gasteiger partial charge in [0.2, 0.25) is 0 Å². The first-order chi connectivity index (χ1) is 9.15. The molecule has 1 N–H and O–H groups in total. The maximum atomic E-state index is 13.1. The molecule has 0 spiro atoms. The van der Waals surface area contributed by atoms with Gasteiger partial charge in [-0.2, -0.15) is 11.8 Å². The molecule has 102 valence electrons. The Bertz CT molecular complexity index is 586. The molecular formula is C14H16FNO2S. The highest BCUT2D eigenvalue weighted by atomic mass is 32.2. The van der Waals surface area contributed by atoms with Crippen LogP contribution in [0.2, 0.25) is 0 Å². The monoisotopic (exact) mass is 281 g/mol. The van der Waals surface area contributed by atoms with Crippen LogP contribution in [0.15, 0.2) is 28.7 Å². The normalized spacial score (nSPS) is 22.8. The minimum atomic E-state index is -0.673. The van der Waals surface area contributed by atoms with E-state index in [9.17, 15) is 9.50 Å². The number of thioether (sulfide) groups is 1. The lowest BCUT2D eigenvalue weighted by atomic mass is 10.1. The third-order valence-corrected chi connectivity index (χ3v) is 4.64. The van der Waals surface area contributed by atoms with Crippen LogP contribution in [0.5, 0.6) is 0 Å². The minimum absolute atomic E-state index is 0.0455.